The van der Waals surface area contributed by atoms with Crippen LogP contribution >= 0.6 is 0 Å². The fourth-order valence-electron chi connectivity index (χ4n) is 2.14. The van der Waals surface area contributed by atoms with Crippen LogP contribution in [0.25, 0.3) is 0 Å². The number of carbonyl (C=O) groups is 1. The molecule has 124 valence electrons. The van der Waals surface area contributed by atoms with Gasteiger partial charge >= 0.3 is 5.97 Å². The lowest BCUT2D eigenvalue weighted by Crippen LogP contribution is -1.84. The first kappa shape index (κ1) is 20.4. The van der Waals surface area contributed by atoms with Gasteiger partial charge in [0.25, 0.3) is 0 Å². The molecule has 0 bridgehead atoms. The van der Waals surface area contributed by atoms with E-state index in [-0.39, 0.29) is 0 Å². The van der Waals surface area contributed by atoms with Crippen LogP contribution in [0.2, 0.25) is 0 Å². The topological polar surface area (TPSA) is 37.3 Å². The normalized spacial score (nSPS) is 12.4. The number of hydrogen-bond acceptors (Lipinski definition) is 1. The van der Waals surface area contributed by atoms with E-state index < -0.39 is 5.97 Å². The highest BCUT2D eigenvalue weighted by Crippen LogP contribution is 2.10. The smallest absolute Gasteiger partial charge is 0.328 e. The second kappa shape index (κ2) is 17.5. The van der Waals surface area contributed by atoms with Crippen LogP contribution in [0.1, 0.15) is 71.1 Å². The van der Waals surface area contributed by atoms with Gasteiger partial charge in [0.2, 0.25) is 0 Å². The molecule has 0 aliphatic rings. The summed E-state index contributed by atoms with van der Waals surface area (Å²) in [6.45, 7) is 2.26. The Hall–Kier alpha value is -1.57. The Labute approximate surface area is 136 Å². The van der Waals surface area contributed by atoms with Gasteiger partial charge in [-0.2, -0.15) is 0 Å². The summed E-state index contributed by atoms with van der Waals surface area (Å²) in [4.78, 5) is 10.2. The van der Waals surface area contributed by atoms with Crippen molar-refractivity contribution in [2.24, 2.45) is 0 Å². The number of carboxylic acid groups (broad SMARTS) is 1. The van der Waals surface area contributed by atoms with Crippen molar-refractivity contribution in [3.8, 4) is 0 Å². The van der Waals surface area contributed by atoms with Crippen molar-refractivity contribution in [1.29, 1.82) is 0 Å². The van der Waals surface area contributed by atoms with Gasteiger partial charge in [0, 0.05) is 6.08 Å². The first-order valence-electron chi connectivity index (χ1n) is 8.67. The lowest BCUT2D eigenvalue weighted by Gasteiger charge is -2.00. The van der Waals surface area contributed by atoms with E-state index in [4.69, 9.17) is 5.11 Å². The molecule has 0 atom stereocenters. The monoisotopic (exact) mass is 304 g/mol. The van der Waals surface area contributed by atoms with Gasteiger partial charge in [-0.25, -0.2) is 4.79 Å². The van der Waals surface area contributed by atoms with Crippen molar-refractivity contribution in [2.45, 2.75) is 71.1 Å². The van der Waals surface area contributed by atoms with E-state index in [1.165, 1.54) is 63.9 Å². The highest BCUT2D eigenvalue weighted by atomic mass is 16.4. The molecule has 0 unspecified atom stereocenters. The molecule has 0 saturated carbocycles. The van der Waals surface area contributed by atoms with Gasteiger partial charge in [-0.05, 0) is 12.8 Å². The van der Waals surface area contributed by atoms with Crippen LogP contribution in [-0.4, -0.2) is 11.1 Å². The molecular weight excluding hydrogens is 272 g/mol. The molecule has 22 heavy (non-hydrogen) atoms. The molecular formula is C20H32O2. The van der Waals surface area contributed by atoms with E-state index in [0.29, 0.717) is 0 Å². The minimum absolute atomic E-state index is 0.922. The zero-order valence-corrected chi connectivity index (χ0v) is 14.0. The highest BCUT2D eigenvalue weighted by molar-refractivity contribution is 5.80. The lowest BCUT2D eigenvalue weighted by molar-refractivity contribution is -0.131. The van der Waals surface area contributed by atoms with Crippen LogP contribution in [0, 0.1) is 0 Å². The number of allylic oxidation sites excluding steroid dienone is 7. The Bertz CT molecular complexity index is 362. The molecule has 0 heterocycles. The SMILES string of the molecule is CCCCCCCCCCC/C=C/C=C\C=C\C=C/C(=O)O. The molecule has 0 amide bonds. The number of rotatable bonds is 14. The molecule has 2 nitrogen and oxygen atoms in total. The van der Waals surface area contributed by atoms with Crippen molar-refractivity contribution in [3.05, 3.63) is 48.6 Å². The van der Waals surface area contributed by atoms with Gasteiger partial charge in [-0.3, -0.25) is 0 Å². The third kappa shape index (κ3) is 18.4. The summed E-state index contributed by atoms with van der Waals surface area (Å²) < 4.78 is 0. The first-order chi connectivity index (χ1) is 10.8. The summed E-state index contributed by atoms with van der Waals surface area (Å²) >= 11 is 0. The summed E-state index contributed by atoms with van der Waals surface area (Å²) in [6, 6.07) is 0. The van der Waals surface area contributed by atoms with Crippen molar-refractivity contribution < 1.29 is 9.90 Å². The summed E-state index contributed by atoms with van der Waals surface area (Å²) in [6.07, 6.45) is 27.7. The number of hydrogen-bond donors (Lipinski definition) is 1. The molecule has 0 aliphatic heterocycles. The van der Waals surface area contributed by atoms with Gasteiger partial charge in [-0.15, -0.1) is 0 Å². The minimum atomic E-state index is -0.922. The van der Waals surface area contributed by atoms with E-state index in [9.17, 15) is 4.79 Å². The van der Waals surface area contributed by atoms with Crippen LogP contribution < -0.4 is 0 Å². The summed E-state index contributed by atoms with van der Waals surface area (Å²) in [5, 5.41) is 8.39. The van der Waals surface area contributed by atoms with Gasteiger partial charge in [0.05, 0.1) is 0 Å². The fourth-order valence-corrected chi connectivity index (χ4v) is 2.14. The maximum Gasteiger partial charge on any atom is 0.328 e. The maximum atomic E-state index is 10.2. The summed E-state index contributed by atoms with van der Waals surface area (Å²) in [7, 11) is 0. The molecule has 0 aromatic rings. The number of carboxylic acids is 1. The van der Waals surface area contributed by atoms with Gasteiger partial charge in [0.1, 0.15) is 0 Å². The van der Waals surface area contributed by atoms with Crippen LogP contribution in [0.4, 0.5) is 0 Å². The Morgan fingerprint density at radius 1 is 0.727 bits per heavy atom. The number of unbranched alkanes of at least 4 members (excludes halogenated alkanes) is 9. The molecule has 2 heteroatoms. The van der Waals surface area contributed by atoms with Gasteiger partial charge < -0.3 is 5.11 Å². The fraction of sp³-hybridized carbons (Fsp3) is 0.550. The Kier molecular flexibility index (Phi) is 16.2. The predicted octanol–water partition coefficient (Wildman–Crippen LogP) is 6.22. The molecule has 0 aliphatic carbocycles. The second-order valence-electron chi connectivity index (χ2n) is 5.51. The van der Waals surface area contributed by atoms with Crippen molar-refractivity contribution in [3.63, 3.8) is 0 Å². The van der Waals surface area contributed by atoms with Crippen molar-refractivity contribution >= 4 is 5.97 Å². The first-order valence-corrected chi connectivity index (χ1v) is 8.67. The van der Waals surface area contributed by atoms with Crippen LogP contribution in [-0.2, 0) is 4.79 Å². The molecule has 1 N–H and O–H groups in total. The predicted molar refractivity (Wildman–Crippen MR) is 96.0 cm³/mol. The Morgan fingerprint density at radius 3 is 1.82 bits per heavy atom. The zero-order valence-electron chi connectivity index (χ0n) is 14.0. The van der Waals surface area contributed by atoms with Crippen LogP contribution in [0.3, 0.4) is 0 Å². The van der Waals surface area contributed by atoms with E-state index in [2.05, 4.69) is 19.1 Å². The number of aliphatic carboxylic acids is 1. The standard InChI is InChI=1S/C20H32O2/c1-2-3-4-5-6-7-8-9-10-11-12-13-14-15-16-17-18-19-20(21)22/h12-19H,2-11H2,1H3,(H,21,22)/b13-12+,15-14-,17-16+,19-18-. The summed E-state index contributed by atoms with van der Waals surface area (Å²) in [5.41, 5.74) is 0. The molecule has 0 spiro atoms. The Morgan fingerprint density at radius 2 is 1.23 bits per heavy atom. The molecule has 0 aromatic carbocycles. The molecule has 0 saturated heterocycles. The van der Waals surface area contributed by atoms with E-state index >= 15 is 0 Å². The lowest BCUT2D eigenvalue weighted by atomic mass is 10.1. The van der Waals surface area contributed by atoms with Crippen LogP contribution in [0.15, 0.2) is 48.6 Å². The van der Waals surface area contributed by atoms with Crippen LogP contribution in [0.5, 0.6) is 0 Å². The Balaban J connectivity index is 3.35. The molecule has 0 fully saturated rings. The second-order valence-corrected chi connectivity index (χ2v) is 5.51. The quantitative estimate of drug-likeness (QED) is 0.235. The molecule has 0 aromatic heterocycles. The van der Waals surface area contributed by atoms with E-state index in [1.807, 2.05) is 18.2 Å². The molecule has 0 radical (unpaired) electrons. The maximum absolute atomic E-state index is 10.2. The van der Waals surface area contributed by atoms with Gasteiger partial charge in [-0.1, -0.05) is 101 Å². The van der Waals surface area contributed by atoms with Crippen molar-refractivity contribution in [2.75, 3.05) is 0 Å². The van der Waals surface area contributed by atoms with Crippen molar-refractivity contribution in [1.82, 2.24) is 0 Å². The average molecular weight is 304 g/mol. The van der Waals surface area contributed by atoms with E-state index in [1.54, 1.807) is 6.08 Å². The van der Waals surface area contributed by atoms with Gasteiger partial charge in [0.15, 0.2) is 0 Å². The van der Waals surface area contributed by atoms with E-state index in [0.717, 1.165) is 12.5 Å². The highest BCUT2D eigenvalue weighted by Gasteiger charge is 1.90. The zero-order chi connectivity index (χ0) is 16.3. The largest absolute Gasteiger partial charge is 0.478 e. The molecule has 0 rings (SSSR count). The third-order valence-corrected chi connectivity index (χ3v) is 3.40. The average Bonchev–Trinajstić information content (AvgIpc) is 2.50. The minimum Gasteiger partial charge on any atom is -0.478 e. The third-order valence-electron chi connectivity index (χ3n) is 3.40. The summed E-state index contributed by atoms with van der Waals surface area (Å²) in [5.74, 6) is -0.922.